The number of hydrogen-bond donors (Lipinski definition) is 0. The van der Waals surface area contributed by atoms with Gasteiger partial charge >= 0.3 is 0 Å². The number of anilines is 1. The second-order valence-corrected chi connectivity index (χ2v) is 5.70. The van der Waals surface area contributed by atoms with Gasteiger partial charge in [0.1, 0.15) is 5.75 Å². The van der Waals surface area contributed by atoms with E-state index in [1.54, 1.807) is 6.20 Å². The van der Waals surface area contributed by atoms with Crippen LogP contribution in [0.25, 0.3) is 0 Å². The molecule has 0 bridgehead atoms. The molecule has 0 unspecified atom stereocenters. The second kappa shape index (κ2) is 5.71. The molecule has 0 atom stereocenters. The summed E-state index contributed by atoms with van der Waals surface area (Å²) in [4.78, 5) is 6.24. The summed E-state index contributed by atoms with van der Waals surface area (Å²) in [6.45, 7) is 0. The molecule has 0 saturated heterocycles. The molecule has 1 aromatic heterocycles. The molecule has 3 nitrogen and oxygen atoms in total. The minimum Gasteiger partial charge on any atom is -0.438 e. The fraction of sp³-hybridized carbons (Fsp3) is 0.154. The van der Waals surface area contributed by atoms with Crippen molar-refractivity contribution in [2.75, 3.05) is 19.0 Å². The summed E-state index contributed by atoms with van der Waals surface area (Å²) in [5, 5.41) is 0. The van der Waals surface area contributed by atoms with Gasteiger partial charge in [0.2, 0.25) is 5.88 Å². The van der Waals surface area contributed by atoms with E-state index in [-0.39, 0.29) is 0 Å². The lowest BCUT2D eigenvalue weighted by Gasteiger charge is -2.14. The minimum atomic E-state index is 0.550. The van der Waals surface area contributed by atoms with E-state index in [4.69, 9.17) is 4.74 Å². The molecule has 1 aromatic carbocycles. The molecule has 0 aliphatic carbocycles. The van der Waals surface area contributed by atoms with E-state index < -0.39 is 0 Å². The zero-order chi connectivity index (χ0) is 13.1. The van der Waals surface area contributed by atoms with Crippen LogP contribution < -0.4 is 9.64 Å². The Morgan fingerprint density at radius 2 is 1.94 bits per heavy atom. The molecule has 0 saturated carbocycles. The van der Waals surface area contributed by atoms with Crippen LogP contribution in [0, 0.1) is 0 Å². The lowest BCUT2D eigenvalue weighted by molar-refractivity contribution is 0.459. The van der Waals surface area contributed by atoms with Crippen molar-refractivity contribution >= 4 is 37.5 Å². The Bertz CT molecular complexity index is 558. The van der Waals surface area contributed by atoms with Crippen LogP contribution in [0.15, 0.2) is 45.5 Å². The summed E-state index contributed by atoms with van der Waals surface area (Å²) in [7, 11) is 3.99. The van der Waals surface area contributed by atoms with Gasteiger partial charge in [-0.3, -0.25) is 0 Å². The van der Waals surface area contributed by atoms with Gasteiger partial charge in [-0.05, 0) is 50.1 Å². The van der Waals surface area contributed by atoms with Crippen molar-refractivity contribution in [1.29, 1.82) is 0 Å². The summed E-state index contributed by atoms with van der Waals surface area (Å²) in [6.07, 6.45) is 1.70. The number of pyridine rings is 1. The highest BCUT2D eigenvalue weighted by Gasteiger charge is 2.06. The van der Waals surface area contributed by atoms with Gasteiger partial charge in [-0.2, -0.15) is 0 Å². The van der Waals surface area contributed by atoms with Gasteiger partial charge in [0.25, 0.3) is 0 Å². The summed E-state index contributed by atoms with van der Waals surface area (Å²) >= 11 is 6.78. The molecular formula is C13H12Br2N2O. The predicted molar refractivity (Wildman–Crippen MR) is 80.5 cm³/mol. The summed E-state index contributed by atoms with van der Waals surface area (Å²) in [5.74, 6) is 1.31. The van der Waals surface area contributed by atoms with E-state index in [0.717, 1.165) is 20.4 Å². The zero-order valence-electron chi connectivity index (χ0n) is 10.0. The topological polar surface area (TPSA) is 25.4 Å². The lowest BCUT2D eigenvalue weighted by atomic mass is 10.3. The van der Waals surface area contributed by atoms with Gasteiger partial charge in [0.15, 0.2) is 0 Å². The van der Waals surface area contributed by atoms with E-state index in [1.165, 1.54) is 0 Å². The summed E-state index contributed by atoms with van der Waals surface area (Å²) in [6, 6.07) is 9.76. The molecule has 0 N–H and O–H groups in total. The van der Waals surface area contributed by atoms with Gasteiger partial charge in [-0.1, -0.05) is 6.07 Å². The molecule has 18 heavy (non-hydrogen) atoms. The fourth-order valence-corrected chi connectivity index (χ4v) is 2.48. The van der Waals surface area contributed by atoms with Crippen molar-refractivity contribution in [3.05, 3.63) is 45.5 Å². The Kier molecular flexibility index (Phi) is 4.24. The van der Waals surface area contributed by atoms with Crippen molar-refractivity contribution in [3.8, 4) is 11.6 Å². The third kappa shape index (κ3) is 3.23. The molecule has 0 aliphatic heterocycles. The lowest BCUT2D eigenvalue weighted by Crippen LogP contribution is -2.08. The van der Waals surface area contributed by atoms with Crippen molar-refractivity contribution in [3.63, 3.8) is 0 Å². The van der Waals surface area contributed by atoms with Crippen LogP contribution in [0.5, 0.6) is 11.6 Å². The Balaban J connectivity index is 2.25. The van der Waals surface area contributed by atoms with Crippen molar-refractivity contribution < 1.29 is 4.74 Å². The van der Waals surface area contributed by atoms with Gasteiger partial charge in [0.05, 0.1) is 4.47 Å². The van der Waals surface area contributed by atoms with Crippen LogP contribution in [0.2, 0.25) is 0 Å². The number of ether oxygens (including phenoxy) is 1. The fourth-order valence-electron chi connectivity index (χ4n) is 1.41. The molecule has 0 radical (unpaired) electrons. The maximum absolute atomic E-state index is 5.75. The molecule has 0 fully saturated rings. The van der Waals surface area contributed by atoms with Gasteiger partial charge in [-0.15, -0.1) is 0 Å². The zero-order valence-corrected chi connectivity index (χ0v) is 13.2. The number of benzene rings is 1. The van der Waals surface area contributed by atoms with E-state index in [9.17, 15) is 0 Å². The number of nitrogens with zero attached hydrogens (tertiary/aromatic N) is 2. The summed E-state index contributed by atoms with van der Waals surface area (Å²) < 4.78 is 7.47. The highest BCUT2D eigenvalue weighted by Crippen LogP contribution is 2.30. The van der Waals surface area contributed by atoms with Crippen LogP contribution >= 0.6 is 31.9 Å². The standard InChI is InChI=1S/C13H12Br2N2O/c1-17(2)10-4-3-5-11(7-10)18-13-12(15)6-9(14)8-16-13/h3-8H,1-2H3. The van der Waals surface area contributed by atoms with E-state index in [2.05, 4.69) is 36.8 Å². The molecule has 1 heterocycles. The molecule has 0 spiro atoms. The Labute approximate surface area is 123 Å². The average molecular weight is 372 g/mol. The molecule has 94 valence electrons. The molecule has 5 heteroatoms. The van der Waals surface area contributed by atoms with E-state index in [1.807, 2.05) is 49.3 Å². The molecule has 0 amide bonds. The molecule has 0 aliphatic rings. The van der Waals surface area contributed by atoms with Gasteiger partial charge in [-0.25, -0.2) is 4.98 Å². The minimum absolute atomic E-state index is 0.550. The monoisotopic (exact) mass is 370 g/mol. The van der Waals surface area contributed by atoms with Crippen molar-refractivity contribution in [2.24, 2.45) is 0 Å². The number of rotatable bonds is 3. The van der Waals surface area contributed by atoms with E-state index >= 15 is 0 Å². The number of halogens is 2. The SMILES string of the molecule is CN(C)c1cccc(Oc2ncc(Br)cc2Br)c1. The third-order valence-electron chi connectivity index (χ3n) is 2.32. The molecular weight excluding hydrogens is 360 g/mol. The van der Waals surface area contributed by atoms with Gasteiger partial charge < -0.3 is 9.64 Å². The third-order valence-corrected chi connectivity index (χ3v) is 3.32. The second-order valence-electron chi connectivity index (χ2n) is 3.93. The van der Waals surface area contributed by atoms with Crippen LogP contribution in [-0.2, 0) is 0 Å². The quantitative estimate of drug-likeness (QED) is 0.796. The first-order chi connectivity index (χ1) is 8.56. The maximum atomic E-state index is 5.75. The van der Waals surface area contributed by atoms with Gasteiger partial charge in [0, 0.05) is 36.5 Å². The normalized spacial score (nSPS) is 10.2. The highest BCUT2D eigenvalue weighted by atomic mass is 79.9. The Morgan fingerprint density at radius 3 is 2.61 bits per heavy atom. The van der Waals surface area contributed by atoms with Crippen molar-refractivity contribution in [1.82, 2.24) is 4.98 Å². The maximum Gasteiger partial charge on any atom is 0.233 e. The van der Waals surface area contributed by atoms with Crippen LogP contribution in [0.1, 0.15) is 0 Å². The Hall–Kier alpha value is -1.07. The smallest absolute Gasteiger partial charge is 0.233 e. The van der Waals surface area contributed by atoms with Crippen LogP contribution in [0.3, 0.4) is 0 Å². The number of hydrogen-bond acceptors (Lipinski definition) is 3. The average Bonchev–Trinajstić information content (AvgIpc) is 2.33. The highest BCUT2D eigenvalue weighted by molar-refractivity contribution is 9.11. The molecule has 2 rings (SSSR count). The van der Waals surface area contributed by atoms with Crippen LogP contribution in [-0.4, -0.2) is 19.1 Å². The largest absolute Gasteiger partial charge is 0.438 e. The first-order valence-electron chi connectivity index (χ1n) is 5.32. The molecule has 2 aromatic rings. The van der Waals surface area contributed by atoms with E-state index in [0.29, 0.717) is 5.88 Å². The number of aromatic nitrogens is 1. The Morgan fingerprint density at radius 1 is 1.17 bits per heavy atom. The van der Waals surface area contributed by atoms with Crippen molar-refractivity contribution in [2.45, 2.75) is 0 Å². The summed E-state index contributed by atoms with van der Waals surface area (Å²) in [5.41, 5.74) is 1.08. The first-order valence-corrected chi connectivity index (χ1v) is 6.91. The first kappa shape index (κ1) is 13.4. The predicted octanol–water partition coefficient (Wildman–Crippen LogP) is 4.46. The van der Waals surface area contributed by atoms with Crippen LogP contribution in [0.4, 0.5) is 5.69 Å².